The van der Waals surface area contributed by atoms with Crippen LogP contribution in [0.3, 0.4) is 0 Å². The van der Waals surface area contributed by atoms with Gasteiger partial charge in [-0.25, -0.2) is 0 Å². The average Bonchev–Trinajstić information content (AvgIpc) is 2.48. The largest absolute Gasteiger partial charge is 0.491 e. The molecule has 2 rings (SSSR count). The van der Waals surface area contributed by atoms with Gasteiger partial charge in [0.25, 0.3) is 5.91 Å². The molecule has 5 nitrogen and oxygen atoms in total. The van der Waals surface area contributed by atoms with Gasteiger partial charge >= 0.3 is 0 Å². The number of carbonyl (C=O) groups excluding carboxylic acids is 1. The minimum atomic E-state index is 0.0501. The number of methoxy groups -OCH3 is 1. The summed E-state index contributed by atoms with van der Waals surface area (Å²) in [5, 5.41) is 0. The number of amides is 1. The molecular formula is C15H22N2O3. The molecule has 0 saturated carbocycles. The number of nitrogens with zero attached hydrogens (tertiary/aromatic N) is 1. The Balaban J connectivity index is 1.97. The van der Waals surface area contributed by atoms with Crippen LogP contribution in [0.1, 0.15) is 23.2 Å². The standard InChI is InChI=1S/C15H22N2O3/c1-19-9-10-20-14-4-2-3-12(11-14)15(18)17-7-5-13(16)6-8-17/h2-4,11,13H,5-10,16H2,1H3. The molecule has 0 atom stereocenters. The van der Waals surface area contributed by atoms with Crippen LogP contribution >= 0.6 is 0 Å². The number of likely N-dealkylation sites (tertiary alicyclic amines) is 1. The van der Waals surface area contributed by atoms with Crippen LogP contribution in [0.2, 0.25) is 0 Å². The predicted octanol–water partition coefficient (Wildman–Crippen LogP) is 1.28. The Bertz CT molecular complexity index is 442. The van der Waals surface area contributed by atoms with E-state index >= 15 is 0 Å². The monoisotopic (exact) mass is 278 g/mol. The molecule has 1 heterocycles. The van der Waals surface area contributed by atoms with Gasteiger partial charge in [0.05, 0.1) is 6.61 Å². The van der Waals surface area contributed by atoms with Crippen molar-refractivity contribution in [3.8, 4) is 5.75 Å². The Labute approximate surface area is 119 Å². The first-order valence-corrected chi connectivity index (χ1v) is 6.97. The van der Waals surface area contributed by atoms with Gasteiger partial charge in [-0.2, -0.15) is 0 Å². The first-order valence-electron chi connectivity index (χ1n) is 6.97. The van der Waals surface area contributed by atoms with Crippen LogP contribution in [0, 0.1) is 0 Å². The second-order valence-electron chi connectivity index (χ2n) is 5.00. The number of benzene rings is 1. The SMILES string of the molecule is COCCOc1cccc(C(=O)N2CCC(N)CC2)c1. The van der Waals surface area contributed by atoms with Gasteiger partial charge in [0.2, 0.25) is 0 Å². The number of ether oxygens (including phenoxy) is 2. The number of hydrogen-bond donors (Lipinski definition) is 1. The van der Waals surface area contributed by atoms with Crippen molar-refractivity contribution in [2.75, 3.05) is 33.4 Å². The third-order valence-corrected chi connectivity index (χ3v) is 3.46. The third-order valence-electron chi connectivity index (χ3n) is 3.46. The molecule has 0 aliphatic carbocycles. The normalized spacial score (nSPS) is 16.2. The minimum absolute atomic E-state index is 0.0501. The van der Waals surface area contributed by atoms with E-state index in [-0.39, 0.29) is 11.9 Å². The zero-order valence-corrected chi connectivity index (χ0v) is 11.9. The topological polar surface area (TPSA) is 64.8 Å². The predicted molar refractivity (Wildman–Crippen MR) is 76.9 cm³/mol. The second kappa shape index (κ2) is 7.26. The van der Waals surface area contributed by atoms with Crippen LogP contribution in [-0.2, 0) is 4.74 Å². The molecule has 1 aromatic carbocycles. The first kappa shape index (κ1) is 14.8. The number of carbonyl (C=O) groups is 1. The van der Waals surface area contributed by atoms with Crippen molar-refractivity contribution in [3.05, 3.63) is 29.8 Å². The Hall–Kier alpha value is -1.59. The van der Waals surface area contributed by atoms with E-state index in [1.54, 1.807) is 13.2 Å². The van der Waals surface area contributed by atoms with Crippen molar-refractivity contribution in [2.45, 2.75) is 18.9 Å². The van der Waals surface area contributed by atoms with Gasteiger partial charge in [-0.1, -0.05) is 6.07 Å². The maximum Gasteiger partial charge on any atom is 0.253 e. The highest BCUT2D eigenvalue weighted by Gasteiger charge is 2.21. The number of hydrogen-bond acceptors (Lipinski definition) is 4. The molecule has 5 heteroatoms. The van der Waals surface area contributed by atoms with Gasteiger partial charge in [0.1, 0.15) is 12.4 Å². The molecule has 1 aliphatic heterocycles. The van der Waals surface area contributed by atoms with E-state index in [1.165, 1.54) is 0 Å². The zero-order chi connectivity index (χ0) is 14.4. The van der Waals surface area contributed by atoms with Gasteiger partial charge in [-0.3, -0.25) is 4.79 Å². The molecule has 110 valence electrons. The van der Waals surface area contributed by atoms with Crippen LogP contribution in [0.5, 0.6) is 5.75 Å². The molecular weight excluding hydrogens is 256 g/mol. The lowest BCUT2D eigenvalue weighted by Gasteiger charge is -2.30. The number of nitrogens with two attached hydrogens (primary N) is 1. The molecule has 0 unspecified atom stereocenters. The molecule has 1 fully saturated rings. The second-order valence-corrected chi connectivity index (χ2v) is 5.00. The van der Waals surface area contributed by atoms with Gasteiger partial charge in [0, 0.05) is 31.8 Å². The lowest BCUT2D eigenvalue weighted by Crippen LogP contribution is -2.42. The van der Waals surface area contributed by atoms with E-state index in [1.807, 2.05) is 23.1 Å². The Morgan fingerprint density at radius 3 is 2.80 bits per heavy atom. The lowest BCUT2D eigenvalue weighted by atomic mass is 10.0. The van der Waals surface area contributed by atoms with E-state index in [4.69, 9.17) is 15.2 Å². The summed E-state index contributed by atoms with van der Waals surface area (Å²) in [4.78, 5) is 14.3. The molecule has 2 N–H and O–H groups in total. The molecule has 1 aliphatic rings. The van der Waals surface area contributed by atoms with Crippen molar-refractivity contribution in [1.29, 1.82) is 0 Å². The lowest BCUT2D eigenvalue weighted by molar-refractivity contribution is 0.0714. The Kier molecular flexibility index (Phi) is 5.38. The van der Waals surface area contributed by atoms with Crippen molar-refractivity contribution < 1.29 is 14.3 Å². The smallest absolute Gasteiger partial charge is 0.253 e. The summed E-state index contributed by atoms with van der Waals surface area (Å²) in [6.45, 7) is 2.47. The van der Waals surface area contributed by atoms with Gasteiger partial charge in [-0.15, -0.1) is 0 Å². The fourth-order valence-corrected chi connectivity index (χ4v) is 2.25. The highest BCUT2D eigenvalue weighted by atomic mass is 16.5. The van der Waals surface area contributed by atoms with E-state index in [2.05, 4.69) is 0 Å². The first-order chi connectivity index (χ1) is 9.70. The summed E-state index contributed by atoms with van der Waals surface area (Å²) in [5.41, 5.74) is 6.52. The van der Waals surface area contributed by atoms with Crippen LogP contribution in [0.15, 0.2) is 24.3 Å². The van der Waals surface area contributed by atoms with Gasteiger partial charge in [-0.05, 0) is 31.0 Å². The minimum Gasteiger partial charge on any atom is -0.491 e. The summed E-state index contributed by atoms with van der Waals surface area (Å²) >= 11 is 0. The molecule has 20 heavy (non-hydrogen) atoms. The van der Waals surface area contributed by atoms with Crippen LogP contribution in [-0.4, -0.2) is 50.3 Å². The molecule has 1 aromatic rings. The Morgan fingerprint density at radius 1 is 1.35 bits per heavy atom. The van der Waals surface area contributed by atoms with E-state index in [0.717, 1.165) is 25.9 Å². The summed E-state index contributed by atoms with van der Waals surface area (Å²) < 4.78 is 10.5. The third kappa shape index (κ3) is 3.95. The summed E-state index contributed by atoms with van der Waals surface area (Å²) in [5.74, 6) is 0.746. The quantitative estimate of drug-likeness (QED) is 0.824. The fourth-order valence-electron chi connectivity index (χ4n) is 2.25. The highest BCUT2D eigenvalue weighted by molar-refractivity contribution is 5.94. The average molecular weight is 278 g/mol. The van der Waals surface area contributed by atoms with Crippen molar-refractivity contribution in [2.24, 2.45) is 5.73 Å². The maximum absolute atomic E-state index is 12.4. The summed E-state index contributed by atoms with van der Waals surface area (Å²) in [6.07, 6.45) is 1.74. The molecule has 0 aromatic heterocycles. The maximum atomic E-state index is 12.4. The van der Waals surface area contributed by atoms with Crippen LogP contribution in [0.4, 0.5) is 0 Å². The molecule has 0 bridgehead atoms. The van der Waals surface area contributed by atoms with E-state index in [9.17, 15) is 4.79 Å². The highest BCUT2D eigenvalue weighted by Crippen LogP contribution is 2.17. The van der Waals surface area contributed by atoms with Crippen LogP contribution < -0.4 is 10.5 Å². The molecule has 0 radical (unpaired) electrons. The molecule has 1 saturated heterocycles. The van der Waals surface area contributed by atoms with Gasteiger partial charge in [0.15, 0.2) is 0 Å². The van der Waals surface area contributed by atoms with Crippen molar-refractivity contribution >= 4 is 5.91 Å². The molecule has 1 amide bonds. The van der Waals surface area contributed by atoms with Crippen molar-refractivity contribution in [1.82, 2.24) is 4.90 Å². The number of rotatable bonds is 5. The molecule has 0 spiro atoms. The summed E-state index contributed by atoms with van der Waals surface area (Å²) in [7, 11) is 1.63. The Morgan fingerprint density at radius 2 is 2.10 bits per heavy atom. The van der Waals surface area contributed by atoms with Crippen LogP contribution in [0.25, 0.3) is 0 Å². The fraction of sp³-hybridized carbons (Fsp3) is 0.533. The van der Waals surface area contributed by atoms with E-state index in [0.29, 0.717) is 24.5 Å². The van der Waals surface area contributed by atoms with Gasteiger partial charge < -0.3 is 20.1 Å². The van der Waals surface area contributed by atoms with Crippen molar-refractivity contribution in [3.63, 3.8) is 0 Å². The summed E-state index contributed by atoms with van der Waals surface area (Å²) in [6, 6.07) is 7.51. The zero-order valence-electron chi connectivity index (χ0n) is 11.9. The van der Waals surface area contributed by atoms with E-state index < -0.39 is 0 Å². The number of piperidine rings is 1.